The summed E-state index contributed by atoms with van der Waals surface area (Å²) in [6.07, 6.45) is 0. The van der Waals surface area contributed by atoms with Crippen LogP contribution in [0.5, 0.6) is 0 Å². The molecule has 0 radical (unpaired) electrons. The highest BCUT2D eigenvalue weighted by molar-refractivity contribution is 6.32. The van der Waals surface area contributed by atoms with E-state index in [1.165, 1.54) is 0 Å². The van der Waals surface area contributed by atoms with Crippen molar-refractivity contribution >= 4 is 22.5 Å². The topological polar surface area (TPSA) is 47.3 Å². The number of carbonyl (C=O) groups excluding carboxylic acids is 2. The molecule has 0 fully saturated rings. The molecular weight excluding hydrogens is 336 g/mol. The third-order valence-corrected chi connectivity index (χ3v) is 6.89. The van der Waals surface area contributed by atoms with Crippen molar-refractivity contribution in [2.75, 3.05) is 0 Å². The number of carbonyl (C=O) groups is 2. The molecular formula is C24H24O3. The summed E-state index contributed by atoms with van der Waals surface area (Å²) in [6, 6.07) is 0. The highest BCUT2D eigenvalue weighted by Crippen LogP contribution is 2.42. The van der Waals surface area contributed by atoms with Crippen LogP contribution in [0.3, 0.4) is 0 Å². The first-order chi connectivity index (χ1) is 12.6. The van der Waals surface area contributed by atoms with Crippen LogP contribution >= 0.6 is 0 Å². The van der Waals surface area contributed by atoms with Gasteiger partial charge in [0.15, 0.2) is 11.5 Å². The number of fused-ring (bicyclic) bond motifs is 4. The fraction of sp³-hybridized carbons (Fsp3) is 0.333. The molecule has 0 aliphatic heterocycles. The van der Waals surface area contributed by atoms with Gasteiger partial charge < -0.3 is 4.42 Å². The van der Waals surface area contributed by atoms with Crippen LogP contribution in [0.2, 0.25) is 0 Å². The molecule has 138 valence electrons. The lowest BCUT2D eigenvalue weighted by Crippen LogP contribution is -2.23. The van der Waals surface area contributed by atoms with Gasteiger partial charge >= 0.3 is 0 Å². The van der Waals surface area contributed by atoms with Gasteiger partial charge in [0.1, 0.15) is 5.58 Å². The first kappa shape index (κ1) is 17.7. The van der Waals surface area contributed by atoms with E-state index in [1.807, 2.05) is 41.5 Å². The van der Waals surface area contributed by atoms with Gasteiger partial charge in [-0.15, -0.1) is 0 Å². The molecule has 27 heavy (non-hydrogen) atoms. The number of aryl methyl sites for hydroxylation is 2. The van der Waals surface area contributed by atoms with E-state index in [1.54, 1.807) is 0 Å². The summed E-state index contributed by atoms with van der Waals surface area (Å²) in [6.45, 7) is 16.0. The zero-order valence-electron chi connectivity index (χ0n) is 17.2. The minimum absolute atomic E-state index is 0.0900. The van der Waals surface area contributed by atoms with Gasteiger partial charge in [0.05, 0.1) is 5.56 Å². The van der Waals surface area contributed by atoms with Crippen molar-refractivity contribution in [2.24, 2.45) is 0 Å². The highest BCUT2D eigenvalue weighted by Gasteiger charge is 2.39. The Labute approximate surface area is 159 Å². The molecule has 0 N–H and O–H groups in total. The summed E-state index contributed by atoms with van der Waals surface area (Å²) in [5.41, 5.74) is 10.4. The van der Waals surface area contributed by atoms with Crippen molar-refractivity contribution in [3.8, 4) is 0 Å². The van der Waals surface area contributed by atoms with E-state index >= 15 is 0 Å². The summed E-state index contributed by atoms with van der Waals surface area (Å²) >= 11 is 0. The Hall–Kier alpha value is -2.68. The van der Waals surface area contributed by atoms with E-state index in [-0.39, 0.29) is 17.3 Å². The third-order valence-electron chi connectivity index (χ3n) is 6.89. The first-order valence-electron chi connectivity index (χ1n) is 9.32. The maximum atomic E-state index is 13.6. The number of hydrogen-bond donors (Lipinski definition) is 0. The van der Waals surface area contributed by atoms with E-state index in [4.69, 9.17) is 4.42 Å². The fourth-order valence-electron chi connectivity index (χ4n) is 4.47. The standard InChI is InChI=1S/C24H24O3/c1-9-10(2)14(6)18-17(13(9)5)21(25)20-19-15(7)11(3)12(4)16(8)23(19)27-24(20)22(18)26/h1-8H3. The van der Waals surface area contributed by atoms with Gasteiger partial charge in [-0.2, -0.15) is 0 Å². The lowest BCUT2D eigenvalue weighted by molar-refractivity contribution is 0.0961. The molecule has 3 aromatic rings. The molecule has 0 unspecified atom stereocenters. The summed E-state index contributed by atoms with van der Waals surface area (Å²) in [5, 5.41) is 0.796. The molecule has 3 heteroatoms. The van der Waals surface area contributed by atoms with E-state index < -0.39 is 0 Å². The smallest absolute Gasteiger partial charge is 0.230 e. The quantitative estimate of drug-likeness (QED) is 0.405. The van der Waals surface area contributed by atoms with Crippen molar-refractivity contribution in [3.63, 3.8) is 0 Å². The molecule has 0 amide bonds. The molecule has 0 bridgehead atoms. The monoisotopic (exact) mass is 360 g/mol. The maximum Gasteiger partial charge on any atom is 0.230 e. The van der Waals surface area contributed by atoms with Crippen molar-refractivity contribution in [1.82, 2.24) is 0 Å². The number of furan rings is 1. The summed E-state index contributed by atoms with van der Waals surface area (Å²) < 4.78 is 6.07. The Morgan fingerprint density at radius 3 is 1.48 bits per heavy atom. The van der Waals surface area contributed by atoms with Crippen molar-refractivity contribution < 1.29 is 14.0 Å². The van der Waals surface area contributed by atoms with Crippen molar-refractivity contribution in [2.45, 2.75) is 55.4 Å². The van der Waals surface area contributed by atoms with E-state index in [9.17, 15) is 9.59 Å². The largest absolute Gasteiger partial charge is 0.451 e. The van der Waals surface area contributed by atoms with Crippen LogP contribution in [0, 0.1) is 55.4 Å². The Bertz CT molecular complexity index is 1220. The molecule has 0 spiro atoms. The van der Waals surface area contributed by atoms with E-state index in [0.717, 1.165) is 49.9 Å². The number of rotatable bonds is 0. The van der Waals surface area contributed by atoms with Gasteiger partial charge in [-0.25, -0.2) is 0 Å². The Kier molecular flexibility index (Phi) is 3.55. The number of hydrogen-bond acceptors (Lipinski definition) is 3. The molecule has 0 atom stereocenters. The molecule has 1 aliphatic carbocycles. The third kappa shape index (κ3) is 1.97. The van der Waals surface area contributed by atoms with Crippen LogP contribution in [-0.4, -0.2) is 11.6 Å². The van der Waals surface area contributed by atoms with Gasteiger partial charge in [-0.1, -0.05) is 0 Å². The minimum atomic E-state index is -0.173. The molecule has 4 rings (SSSR count). The Morgan fingerprint density at radius 1 is 0.481 bits per heavy atom. The van der Waals surface area contributed by atoms with Gasteiger partial charge in [0.2, 0.25) is 5.78 Å². The molecule has 3 nitrogen and oxygen atoms in total. The Morgan fingerprint density at radius 2 is 0.926 bits per heavy atom. The van der Waals surface area contributed by atoms with Crippen LogP contribution in [0.4, 0.5) is 0 Å². The lowest BCUT2D eigenvalue weighted by Gasteiger charge is -2.22. The SMILES string of the molecule is Cc1c(C)c(C)c2c(c1C)C(=O)c1oc3c(C)c(C)c(C)c(C)c3c1C2=O. The second-order valence-electron chi connectivity index (χ2n) is 7.92. The highest BCUT2D eigenvalue weighted by atomic mass is 16.3. The first-order valence-corrected chi connectivity index (χ1v) is 9.32. The van der Waals surface area contributed by atoms with Gasteiger partial charge in [-0.3, -0.25) is 9.59 Å². The van der Waals surface area contributed by atoms with Crippen LogP contribution in [0.1, 0.15) is 76.5 Å². The summed E-state index contributed by atoms with van der Waals surface area (Å²) in [4.78, 5) is 27.0. The summed E-state index contributed by atoms with van der Waals surface area (Å²) in [5.74, 6) is -0.0640. The van der Waals surface area contributed by atoms with Gasteiger partial charge in [-0.05, 0) is 99.9 Å². The van der Waals surface area contributed by atoms with Crippen LogP contribution < -0.4 is 0 Å². The summed E-state index contributed by atoms with van der Waals surface area (Å²) in [7, 11) is 0. The minimum Gasteiger partial charge on any atom is -0.451 e. The van der Waals surface area contributed by atoms with E-state index in [2.05, 4.69) is 13.8 Å². The average molecular weight is 360 g/mol. The molecule has 0 saturated heterocycles. The van der Waals surface area contributed by atoms with Gasteiger partial charge in [0.25, 0.3) is 0 Å². The maximum absolute atomic E-state index is 13.6. The molecule has 1 aliphatic rings. The lowest BCUT2D eigenvalue weighted by atomic mass is 9.78. The second-order valence-corrected chi connectivity index (χ2v) is 7.92. The predicted octanol–water partition coefficient (Wildman–Crippen LogP) is 5.68. The van der Waals surface area contributed by atoms with Crippen LogP contribution in [-0.2, 0) is 0 Å². The van der Waals surface area contributed by atoms with Crippen LogP contribution in [0.15, 0.2) is 4.42 Å². The normalized spacial score (nSPS) is 13.3. The number of ketones is 2. The zero-order chi connectivity index (χ0) is 19.9. The van der Waals surface area contributed by atoms with Crippen molar-refractivity contribution in [1.29, 1.82) is 0 Å². The molecule has 1 aromatic heterocycles. The van der Waals surface area contributed by atoms with Crippen LogP contribution in [0.25, 0.3) is 11.0 Å². The van der Waals surface area contributed by atoms with Gasteiger partial charge in [0, 0.05) is 16.5 Å². The van der Waals surface area contributed by atoms with Crippen molar-refractivity contribution in [3.05, 3.63) is 67.0 Å². The second kappa shape index (κ2) is 5.41. The molecule has 0 saturated carbocycles. The zero-order valence-corrected chi connectivity index (χ0v) is 17.2. The predicted molar refractivity (Wildman–Crippen MR) is 107 cm³/mol. The molecule has 1 heterocycles. The van der Waals surface area contributed by atoms with E-state index in [0.29, 0.717) is 22.3 Å². The average Bonchev–Trinajstić information content (AvgIpc) is 3.05. The fourth-order valence-corrected chi connectivity index (χ4v) is 4.47. The molecule has 2 aromatic carbocycles. The number of benzene rings is 2. The Balaban J connectivity index is 2.21.